The first-order chi connectivity index (χ1) is 9.50. The highest BCUT2D eigenvalue weighted by molar-refractivity contribution is 6.06. The van der Waals surface area contributed by atoms with Gasteiger partial charge in [-0.05, 0) is 36.1 Å². The van der Waals surface area contributed by atoms with Gasteiger partial charge in [0.05, 0.1) is 5.56 Å². The molecule has 1 amide bonds. The molecule has 0 aliphatic carbocycles. The van der Waals surface area contributed by atoms with Crippen LogP contribution < -0.4 is 5.32 Å². The Hall–Kier alpha value is -2.29. The lowest BCUT2D eigenvalue weighted by Gasteiger charge is -2.14. The molecule has 0 spiro atoms. The van der Waals surface area contributed by atoms with Gasteiger partial charge in [0.15, 0.2) is 0 Å². The molecule has 0 aromatic heterocycles. The molecule has 0 bridgehead atoms. The molecule has 0 aliphatic heterocycles. The van der Waals surface area contributed by atoms with Crippen LogP contribution >= 0.6 is 0 Å². The number of para-hydroxylation sites is 2. The van der Waals surface area contributed by atoms with Gasteiger partial charge in [-0.2, -0.15) is 0 Å². The van der Waals surface area contributed by atoms with E-state index in [1.54, 1.807) is 25.1 Å². The number of nitrogens with one attached hydrogen (secondary N) is 1. The van der Waals surface area contributed by atoms with Crippen molar-refractivity contribution in [2.75, 3.05) is 5.32 Å². The summed E-state index contributed by atoms with van der Waals surface area (Å²) in [5, 5.41) is 12.8. The molecule has 0 atom stereocenters. The molecular formula is C17H19NO2. The third-order valence-electron chi connectivity index (χ3n) is 3.31. The highest BCUT2D eigenvalue weighted by Crippen LogP contribution is 2.26. The maximum atomic E-state index is 12.3. The fourth-order valence-electron chi connectivity index (χ4n) is 2.15. The van der Waals surface area contributed by atoms with Gasteiger partial charge in [0.25, 0.3) is 5.91 Å². The topological polar surface area (TPSA) is 49.3 Å². The molecule has 2 rings (SSSR count). The zero-order chi connectivity index (χ0) is 14.7. The van der Waals surface area contributed by atoms with E-state index in [0.29, 0.717) is 17.0 Å². The van der Waals surface area contributed by atoms with Gasteiger partial charge in [0.2, 0.25) is 0 Å². The molecule has 2 N–H and O–H groups in total. The molecule has 2 aromatic carbocycles. The van der Waals surface area contributed by atoms with Crippen LogP contribution in [-0.4, -0.2) is 11.0 Å². The van der Waals surface area contributed by atoms with Crippen molar-refractivity contribution in [1.29, 1.82) is 0 Å². The molecule has 0 unspecified atom stereocenters. The second kappa shape index (κ2) is 5.78. The lowest BCUT2D eigenvalue weighted by molar-refractivity contribution is 0.102. The van der Waals surface area contributed by atoms with E-state index in [1.807, 2.05) is 24.3 Å². The van der Waals surface area contributed by atoms with Crippen LogP contribution in [0.15, 0.2) is 42.5 Å². The second-order valence-electron chi connectivity index (χ2n) is 5.17. The number of carbonyl (C=O) groups is 1. The summed E-state index contributed by atoms with van der Waals surface area (Å²) in [6.07, 6.45) is 0. The number of hydrogen-bond acceptors (Lipinski definition) is 2. The van der Waals surface area contributed by atoms with E-state index in [1.165, 1.54) is 0 Å². The minimum absolute atomic E-state index is 0.0343. The van der Waals surface area contributed by atoms with Crippen LogP contribution in [0.3, 0.4) is 0 Å². The van der Waals surface area contributed by atoms with Gasteiger partial charge in [0, 0.05) is 5.69 Å². The van der Waals surface area contributed by atoms with Crippen molar-refractivity contribution in [3.05, 3.63) is 59.2 Å². The minimum Gasteiger partial charge on any atom is -0.507 e. The van der Waals surface area contributed by atoms with Crippen molar-refractivity contribution < 1.29 is 9.90 Å². The van der Waals surface area contributed by atoms with Crippen LogP contribution in [0.1, 0.15) is 41.3 Å². The highest BCUT2D eigenvalue weighted by Gasteiger charge is 2.14. The molecular weight excluding hydrogens is 250 g/mol. The second-order valence-corrected chi connectivity index (χ2v) is 5.17. The monoisotopic (exact) mass is 269 g/mol. The van der Waals surface area contributed by atoms with Crippen molar-refractivity contribution in [3.63, 3.8) is 0 Å². The van der Waals surface area contributed by atoms with Gasteiger partial charge in [-0.15, -0.1) is 0 Å². The largest absolute Gasteiger partial charge is 0.507 e. The van der Waals surface area contributed by atoms with Crippen LogP contribution in [0.4, 0.5) is 5.69 Å². The van der Waals surface area contributed by atoms with Crippen LogP contribution in [0.2, 0.25) is 0 Å². The Morgan fingerprint density at radius 2 is 1.80 bits per heavy atom. The maximum Gasteiger partial charge on any atom is 0.259 e. The van der Waals surface area contributed by atoms with Crippen LogP contribution in [-0.2, 0) is 0 Å². The number of rotatable bonds is 3. The average molecular weight is 269 g/mol. The molecule has 3 nitrogen and oxygen atoms in total. The normalized spacial score (nSPS) is 10.6. The SMILES string of the molecule is Cc1cccc(C(=O)Nc2ccccc2C(C)C)c1O. The molecule has 3 heteroatoms. The standard InChI is InChI=1S/C17H19NO2/c1-11(2)13-8-4-5-10-15(13)18-17(20)14-9-6-7-12(3)16(14)19/h4-11,19H,1-3H3,(H,18,20). The number of hydrogen-bond donors (Lipinski definition) is 2. The van der Waals surface area contributed by atoms with E-state index in [4.69, 9.17) is 0 Å². The van der Waals surface area contributed by atoms with Crippen molar-refractivity contribution in [2.24, 2.45) is 0 Å². The van der Waals surface area contributed by atoms with Gasteiger partial charge in [-0.1, -0.05) is 44.2 Å². The third-order valence-corrected chi connectivity index (χ3v) is 3.31. The Bertz CT molecular complexity index is 633. The molecule has 20 heavy (non-hydrogen) atoms. The lowest BCUT2D eigenvalue weighted by atomic mass is 10.0. The van der Waals surface area contributed by atoms with E-state index in [-0.39, 0.29) is 11.7 Å². The zero-order valence-electron chi connectivity index (χ0n) is 12.0. The van der Waals surface area contributed by atoms with Crippen LogP contribution in [0.5, 0.6) is 5.75 Å². The summed E-state index contributed by atoms with van der Waals surface area (Å²) in [4.78, 5) is 12.3. The van der Waals surface area contributed by atoms with E-state index in [0.717, 1.165) is 11.3 Å². The molecule has 0 saturated heterocycles. The summed E-state index contributed by atoms with van der Waals surface area (Å²) >= 11 is 0. The summed E-state index contributed by atoms with van der Waals surface area (Å²) < 4.78 is 0. The number of phenolic OH excluding ortho intramolecular Hbond substituents is 1. The number of phenols is 1. The fourth-order valence-corrected chi connectivity index (χ4v) is 2.15. The molecule has 104 valence electrons. The van der Waals surface area contributed by atoms with Gasteiger partial charge >= 0.3 is 0 Å². The molecule has 0 heterocycles. The van der Waals surface area contributed by atoms with E-state index >= 15 is 0 Å². The number of benzene rings is 2. The molecule has 0 fully saturated rings. The number of anilines is 1. The van der Waals surface area contributed by atoms with Gasteiger partial charge in [0.1, 0.15) is 5.75 Å². The van der Waals surface area contributed by atoms with Gasteiger partial charge < -0.3 is 10.4 Å². The molecule has 2 aromatic rings. The molecule has 0 radical (unpaired) electrons. The van der Waals surface area contributed by atoms with Crippen molar-refractivity contribution in [3.8, 4) is 5.75 Å². The molecule has 0 saturated carbocycles. The molecule has 0 aliphatic rings. The van der Waals surface area contributed by atoms with Crippen LogP contribution in [0, 0.1) is 6.92 Å². The van der Waals surface area contributed by atoms with Crippen molar-refractivity contribution >= 4 is 11.6 Å². The third kappa shape index (κ3) is 2.82. The zero-order valence-corrected chi connectivity index (χ0v) is 12.0. The Balaban J connectivity index is 2.31. The minimum atomic E-state index is -0.292. The van der Waals surface area contributed by atoms with Gasteiger partial charge in [-0.25, -0.2) is 0 Å². The summed E-state index contributed by atoms with van der Waals surface area (Å²) in [5.41, 5.74) is 2.85. The van der Waals surface area contributed by atoms with Crippen molar-refractivity contribution in [1.82, 2.24) is 0 Å². The Morgan fingerprint density at radius 1 is 1.10 bits per heavy atom. The quantitative estimate of drug-likeness (QED) is 0.882. The highest BCUT2D eigenvalue weighted by atomic mass is 16.3. The maximum absolute atomic E-state index is 12.3. The lowest BCUT2D eigenvalue weighted by Crippen LogP contribution is -2.14. The first-order valence-electron chi connectivity index (χ1n) is 6.69. The van der Waals surface area contributed by atoms with E-state index < -0.39 is 0 Å². The number of aromatic hydroxyl groups is 1. The summed E-state index contributed by atoms with van der Waals surface area (Å²) in [6.45, 7) is 5.93. The average Bonchev–Trinajstić information content (AvgIpc) is 2.42. The predicted molar refractivity (Wildman–Crippen MR) is 81.3 cm³/mol. The first kappa shape index (κ1) is 14.1. The summed E-state index contributed by atoms with van der Waals surface area (Å²) in [5.74, 6) is 0.0592. The van der Waals surface area contributed by atoms with Crippen molar-refractivity contribution in [2.45, 2.75) is 26.7 Å². The Morgan fingerprint density at radius 3 is 2.50 bits per heavy atom. The summed E-state index contributed by atoms with van der Waals surface area (Å²) in [7, 11) is 0. The fraction of sp³-hybridized carbons (Fsp3) is 0.235. The number of aryl methyl sites for hydroxylation is 1. The number of amides is 1. The van der Waals surface area contributed by atoms with E-state index in [9.17, 15) is 9.90 Å². The first-order valence-corrected chi connectivity index (χ1v) is 6.69. The van der Waals surface area contributed by atoms with E-state index in [2.05, 4.69) is 19.2 Å². The number of carbonyl (C=O) groups excluding carboxylic acids is 1. The van der Waals surface area contributed by atoms with Crippen LogP contribution in [0.25, 0.3) is 0 Å². The smallest absolute Gasteiger partial charge is 0.259 e. The Kier molecular flexibility index (Phi) is 4.08. The summed E-state index contributed by atoms with van der Waals surface area (Å²) in [6, 6.07) is 12.9. The van der Waals surface area contributed by atoms with Gasteiger partial charge in [-0.3, -0.25) is 4.79 Å². The predicted octanol–water partition coefficient (Wildman–Crippen LogP) is 4.08. The Labute approximate surface area is 119 Å².